The number of esters is 1. The van der Waals surface area contributed by atoms with Gasteiger partial charge in [-0.1, -0.05) is 25.1 Å². The Morgan fingerprint density at radius 1 is 1.05 bits per heavy atom. The normalized spacial score (nSPS) is 10.1. The molecule has 22 heavy (non-hydrogen) atoms. The highest BCUT2D eigenvalue weighted by Gasteiger charge is 2.10. The Kier molecular flexibility index (Phi) is 5.31. The molecule has 2 aromatic rings. The SMILES string of the molecule is CCCOC(=O)c1ccc(NC(=O)c2ccccc2C)cc1. The van der Waals surface area contributed by atoms with Gasteiger partial charge in [-0.05, 0) is 49.2 Å². The van der Waals surface area contributed by atoms with Crippen molar-refractivity contribution in [2.75, 3.05) is 11.9 Å². The van der Waals surface area contributed by atoms with Crippen molar-refractivity contribution in [1.29, 1.82) is 0 Å². The van der Waals surface area contributed by atoms with E-state index in [2.05, 4.69) is 5.32 Å². The maximum Gasteiger partial charge on any atom is 0.338 e. The number of carbonyl (C=O) groups excluding carboxylic acids is 2. The van der Waals surface area contributed by atoms with Crippen LogP contribution >= 0.6 is 0 Å². The van der Waals surface area contributed by atoms with Crippen LogP contribution < -0.4 is 5.32 Å². The zero-order valence-electron chi connectivity index (χ0n) is 12.8. The van der Waals surface area contributed by atoms with Gasteiger partial charge in [0.2, 0.25) is 0 Å². The molecule has 0 radical (unpaired) electrons. The lowest BCUT2D eigenvalue weighted by Gasteiger charge is -2.08. The summed E-state index contributed by atoms with van der Waals surface area (Å²) in [7, 11) is 0. The van der Waals surface area contributed by atoms with Crippen molar-refractivity contribution in [2.45, 2.75) is 20.3 Å². The van der Waals surface area contributed by atoms with Gasteiger partial charge >= 0.3 is 5.97 Å². The Bertz CT molecular complexity index is 662. The largest absolute Gasteiger partial charge is 0.462 e. The van der Waals surface area contributed by atoms with E-state index in [1.807, 2.05) is 32.0 Å². The zero-order valence-corrected chi connectivity index (χ0v) is 12.8. The molecule has 0 fully saturated rings. The van der Waals surface area contributed by atoms with Crippen molar-refractivity contribution in [3.8, 4) is 0 Å². The predicted octanol–water partition coefficient (Wildman–Crippen LogP) is 3.81. The second-order valence-electron chi connectivity index (χ2n) is 4.98. The number of amides is 1. The van der Waals surface area contributed by atoms with Crippen molar-refractivity contribution in [2.24, 2.45) is 0 Å². The molecule has 2 aromatic carbocycles. The van der Waals surface area contributed by atoms with Gasteiger partial charge in [-0.25, -0.2) is 4.79 Å². The quantitative estimate of drug-likeness (QED) is 0.854. The van der Waals surface area contributed by atoms with Crippen molar-refractivity contribution < 1.29 is 14.3 Å². The van der Waals surface area contributed by atoms with Gasteiger partial charge in [-0.3, -0.25) is 4.79 Å². The molecule has 0 aromatic heterocycles. The third kappa shape index (κ3) is 3.95. The van der Waals surface area contributed by atoms with E-state index in [-0.39, 0.29) is 11.9 Å². The summed E-state index contributed by atoms with van der Waals surface area (Å²) in [6.45, 7) is 4.24. The van der Waals surface area contributed by atoms with Crippen LogP contribution in [0, 0.1) is 6.92 Å². The second kappa shape index (κ2) is 7.41. The molecule has 0 aliphatic carbocycles. The highest BCUT2D eigenvalue weighted by Crippen LogP contribution is 2.14. The first kappa shape index (κ1) is 15.8. The van der Waals surface area contributed by atoms with Gasteiger partial charge in [0, 0.05) is 11.3 Å². The molecular weight excluding hydrogens is 278 g/mol. The van der Waals surface area contributed by atoms with Crippen LogP contribution in [0.2, 0.25) is 0 Å². The molecule has 0 saturated carbocycles. The molecule has 0 bridgehead atoms. The molecule has 1 N–H and O–H groups in total. The number of benzene rings is 2. The predicted molar refractivity (Wildman–Crippen MR) is 86.1 cm³/mol. The third-order valence-corrected chi connectivity index (χ3v) is 3.21. The minimum absolute atomic E-state index is 0.167. The van der Waals surface area contributed by atoms with E-state index in [1.54, 1.807) is 30.3 Å². The molecule has 0 aliphatic heterocycles. The molecule has 0 atom stereocenters. The second-order valence-corrected chi connectivity index (χ2v) is 4.98. The molecular formula is C18H19NO3. The average Bonchev–Trinajstić information content (AvgIpc) is 2.53. The molecule has 0 spiro atoms. The van der Waals surface area contributed by atoms with E-state index < -0.39 is 0 Å². The van der Waals surface area contributed by atoms with Crippen LogP contribution in [0.4, 0.5) is 5.69 Å². The number of hydrogen-bond donors (Lipinski definition) is 1. The van der Waals surface area contributed by atoms with E-state index in [9.17, 15) is 9.59 Å². The number of anilines is 1. The van der Waals surface area contributed by atoms with Crippen LogP contribution in [0.25, 0.3) is 0 Å². The summed E-state index contributed by atoms with van der Waals surface area (Å²) in [5, 5.41) is 2.82. The van der Waals surface area contributed by atoms with Crippen LogP contribution in [0.15, 0.2) is 48.5 Å². The highest BCUT2D eigenvalue weighted by atomic mass is 16.5. The molecule has 4 heteroatoms. The fourth-order valence-electron chi connectivity index (χ4n) is 1.99. The van der Waals surface area contributed by atoms with E-state index in [1.165, 1.54) is 0 Å². The molecule has 1 amide bonds. The van der Waals surface area contributed by atoms with Crippen molar-refractivity contribution in [3.63, 3.8) is 0 Å². The van der Waals surface area contributed by atoms with Gasteiger partial charge in [0.05, 0.1) is 12.2 Å². The van der Waals surface area contributed by atoms with Gasteiger partial charge in [0.1, 0.15) is 0 Å². The van der Waals surface area contributed by atoms with Crippen molar-refractivity contribution in [3.05, 3.63) is 65.2 Å². The number of carbonyl (C=O) groups is 2. The Hall–Kier alpha value is -2.62. The Balaban J connectivity index is 2.04. The monoisotopic (exact) mass is 297 g/mol. The highest BCUT2D eigenvalue weighted by molar-refractivity contribution is 6.05. The summed E-state index contributed by atoms with van der Waals surface area (Å²) < 4.78 is 5.06. The summed E-state index contributed by atoms with van der Waals surface area (Å²) in [5.41, 5.74) is 2.66. The van der Waals surface area contributed by atoms with E-state index >= 15 is 0 Å². The Labute approximate surface area is 130 Å². The number of rotatable bonds is 5. The molecule has 0 saturated heterocycles. The van der Waals surface area contributed by atoms with E-state index in [0.717, 1.165) is 12.0 Å². The van der Waals surface area contributed by atoms with Crippen LogP contribution in [0.3, 0.4) is 0 Å². The molecule has 0 aliphatic rings. The maximum absolute atomic E-state index is 12.2. The first-order valence-corrected chi connectivity index (χ1v) is 7.26. The standard InChI is InChI=1S/C18H19NO3/c1-3-12-22-18(21)14-8-10-15(11-9-14)19-17(20)16-7-5-4-6-13(16)2/h4-11H,3,12H2,1-2H3,(H,19,20). The first-order chi connectivity index (χ1) is 10.6. The summed E-state index contributed by atoms with van der Waals surface area (Å²) in [4.78, 5) is 23.9. The van der Waals surface area contributed by atoms with Gasteiger partial charge in [0.25, 0.3) is 5.91 Å². The smallest absolute Gasteiger partial charge is 0.338 e. The van der Waals surface area contributed by atoms with Crippen LogP contribution in [0.5, 0.6) is 0 Å². The maximum atomic E-state index is 12.2. The van der Waals surface area contributed by atoms with Crippen LogP contribution in [-0.2, 0) is 4.74 Å². The topological polar surface area (TPSA) is 55.4 Å². The summed E-state index contributed by atoms with van der Waals surface area (Å²) in [6.07, 6.45) is 0.788. The Morgan fingerprint density at radius 2 is 1.73 bits per heavy atom. The van der Waals surface area contributed by atoms with Crippen LogP contribution in [-0.4, -0.2) is 18.5 Å². The first-order valence-electron chi connectivity index (χ1n) is 7.26. The number of aryl methyl sites for hydroxylation is 1. The molecule has 0 heterocycles. The molecule has 0 unspecified atom stereocenters. The van der Waals surface area contributed by atoms with Gasteiger partial charge in [-0.15, -0.1) is 0 Å². The number of hydrogen-bond acceptors (Lipinski definition) is 3. The fraction of sp³-hybridized carbons (Fsp3) is 0.222. The van der Waals surface area contributed by atoms with Gasteiger partial charge in [0.15, 0.2) is 0 Å². The minimum atomic E-state index is -0.348. The average molecular weight is 297 g/mol. The summed E-state index contributed by atoms with van der Waals surface area (Å²) in [6, 6.07) is 14.1. The minimum Gasteiger partial charge on any atom is -0.462 e. The van der Waals surface area contributed by atoms with Crippen LogP contribution in [0.1, 0.15) is 39.6 Å². The lowest BCUT2D eigenvalue weighted by Crippen LogP contribution is -2.13. The zero-order chi connectivity index (χ0) is 15.9. The molecule has 2 rings (SSSR count). The van der Waals surface area contributed by atoms with Gasteiger partial charge in [-0.2, -0.15) is 0 Å². The van der Waals surface area contributed by atoms with E-state index in [4.69, 9.17) is 4.74 Å². The lowest BCUT2D eigenvalue weighted by molar-refractivity contribution is 0.0505. The summed E-state index contributed by atoms with van der Waals surface area (Å²) in [5.74, 6) is -0.516. The van der Waals surface area contributed by atoms with E-state index in [0.29, 0.717) is 23.4 Å². The van der Waals surface area contributed by atoms with Crippen molar-refractivity contribution in [1.82, 2.24) is 0 Å². The summed E-state index contributed by atoms with van der Waals surface area (Å²) >= 11 is 0. The lowest BCUT2D eigenvalue weighted by atomic mass is 10.1. The molecule has 114 valence electrons. The number of nitrogens with one attached hydrogen (secondary N) is 1. The third-order valence-electron chi connectivity index (χ3n) is 3.21. The van der Waals surface area contributed by atoms with Gasteiger partial charge < -0.3 is 10.1 Å². The Morgan fingerprint density at radius 3 is 2.36 bits per heavy atom. The fourth-order valence-corrected chi connectivity index (χ4v) is 1.99. The number of ether oxygens (including phenoxy) is 1. The van der Waals surface area contributed by atoms with Crippen molar-refractivity contribution >= 4 is 17.6 Å². The molecule has 4 nitrogen and oxygen atoms in total.